The Balaban J connectivity index is 2.65. The van der Waals surface area contributed by atoms with Crippen LogP contribution in [-0.2, 0) is 0 Å². The Labute approximate surface area is 93.8 Å². The minimum atomic E-state index is 0.793. The van der Waals surface area contributed by atoms with Crippen molar-refractivity contribution in [1.82, 2.24) is 0 Å². The molecule has 0 saturated carbocycles. The van der Waals surface area contributed by atoms with E-state index in [9.17, 15) is 0 Å². The van der Waals surface area contributed by atoms with E-state index in [2.05, 4.69) is 0 Å². The normalized spacial score (nSPS) is 10.2. The van der Waals surface area contributed by atoms with Crippen LogP contribution in [0.1, 0.15) is 0 Å². The summed E-state index contributed by atoms with van der Waals surface area (Å²) in [5.74, 6) is 0. The van der Waals surface area contributed by atoms with E-state index in [1.165, 1.54) is 10.3 Å². The first-order valence-electron chi connectivity index (χ1n) is 3.63. The van der Waals surface area contributed by atoms with Crippen molar-refractivity contribution in [1.29, 1.82) is 0 Å². The van der Waals surface area contributed by atoms with Crippen LogP contribution in [0, 0.1) is 3.82 Å². The molecule has 0 N–H and O–H groups in total. The summed E-state index contributed by atoms with van der Waals surface area (Å²) in [6, 6.07) is 10.0. The van der Waals surface area contributed by atoms with Gasteiger partial charge < -0.3 is 0 Å². The first-order valence-corrected chi connectivity index (χ1v) is 6.56. The maximum absolute atomic E-state index is 6.04. The molecule has 0 radical (unpaired) electrons. The average molecular weight is 245 g/mol. The Bertz CT molecular complexity index is 455. The maximum Gasteiger partial charge on any atom is 0.114 e. The molecule has 0 amide bonds. The quantitative estimate of drug-likeness (QED) is 0.510. The summed E-state index contributed by atoms with van der Waals surface area (Å²) in [5, 5.41) is 0. The highest BCUT2D eigenvalue weighted by atomic mass is 35.5. The van der Waals surface area contributed by atoms with E-state index in [4.69, 9.17) is 23.8 Å². The fraction of sp³-hybridized carbons (Fsp3) is 0. The molecular formula is C9H5ClS3. The van der Waals surface area contributed by atoms with E-state index < -0.39 is 0 Å². The van der Waals surface area contributed by atoms with E-state index in [0.29, 0.717) is 0 Å². The van der Waals surface area contributed by atoms with Gasteiger partial charge >= 0.3 is 0 Å². The lowest BCUT2D eigenvalue weighted by molar-refractivity contribution is 1.68. The van der Waals surface area contributed by atoms with Crippen LogP contribution in [0.5, 0.6) is 0 Å². The van der Waals surface area contributed by atoms with Gasteiger partial charge in [-0.25, -0.2) is 0 Å². The Morgan fingerprint density at radius 1 is 1.08 bits per heavy atom. The summed E-state index contributed by atoms with van der Waals surface area (Å²) in [4.78, 5) is 0. The first kappa shape index (κ1) is 9.34. The predicted octanol–water partition coefficient (Wildman–Crippen LogP) is 4.86. The predicted molar refractivity (Wildman–Crippen MR) is 63.5 cm³/mol. The molecule has 0 unspecified atom stereocenters. The molecule has 0 bridgehead atoms. The van der Waals surface area contributed by atoms with Crippen molar-refractivity contribution < 1.29 is 0 Å². The summed E-state index contributed by atoms with van der Waals surface area (Å²) < 4.78 is 1.67. The Morgan fingerprint density at radius 3 is 2.31 bits per heavy atom. The summed E-state index contributed by atoms with van der Waals surface area (Å²) in [6.45, 7) is 0. The molecule has 0 aliphatic rings. The minimum absolute atomic E-state index is 0.793. The third-order valence-corrected chi connectivity index (χ3v) is 5.16. The van der Waals surface area contributed by atoms with Crippen molar-refractivity contribution in [3.63, 3.8) is 0 Å². The molecule has 0 aliphatic carbocycles. The number of rotatable bonds is 1. The lowest BCUT2D eigenvalue weighted by atomic mass is 10.1. The molecule has 0 saturated heterocycles. The van der Waals surface area contributed by atoms with Crippen molar-refractivity contribution in [2.45, 2.75) is 0 Å². The van der Waals surface area contributed by atoms with Gasteiger partial charge in [0.2, 0.25) is 0 Å². The molecule has 2 aromatic rings. The molecule has 0 spiro atoms. The van der Waals surface area contributed by atoms with E-state index >= 15 is 0 Å². The van der Waals surface area contributed by atoms with Crippen LogP contribution in [0.3, 0.4) is 0 Å². The molecule has 0 fully saturated rings. The highest BCUT2D eigenvalue weighted by Crippen LogP contribution is 2.37. The van der Waals surface area contributed by atoms with Gasteiger partial charge in [-0.2, -0.15) is 0 Å². The third-order valence-electron chi connectivity index (χ3n) is 1.65. The molecule has 66 valence electrons. The largest absolute Gasteiger partial charge is 0.114 e. The van der Waals surface area contributed by atoms with Crippen LogP contribution in [0.15, 0.2) is 30.3 Å². The van der Waals surface area contributed by atoms with Crippen molar-refractivity contribution >= 4 is 44.5 Å². The molecule has 0 aliphatic heterocycles. The fourth-order valence-electron chi connectivity index (χ4n) is 1.07. The Hall–Kier alpha value is -0.220. The maximum atomic E-state index is 6.04. The van der Waals surface area contributed by atoms with Crippen LogP contribution in [0.25, 0.3) is 11.1 Å². The van der Waals surface area contributed by atoms with Gasteiger partial charge in [-0.1, -0.05) is 74.8 Å². The third kappa shape index (κ3) is 1.83. The van der Waals surface area contributed by atoms with Crippen molar-refractivity contribution in [3.05, 3.63) is 38.5 Å². The van der Waals surface area contributed by atoms with Crippen LogP contribution in [-0.4, -0.2) is 0 Å². The van der Waals surface area contributed by atoms with Gasteiger partial charge in [-0.3, -0.25) is 0 Å². The zero-order valence-electron chi connectivity index (χ0n) is 6.49. The lowest BCUT2D eigenvalue weighted by Crippen LogP contribution is -1.72. The van der Waals surface area contributed by atoms with Gasteiger partial charge in [0.15, 0.2) is 0 Å². The summed E-state index contributed by atoms with van der Waals surface area (Å²) in [6.07, 6.45) is 0. The molecule has 13 heavy (non-hydrogen) atoms. The van der Waals surface area contributed by atoms with Crippen LogP contribution in [0.4, 0.5) is 0 Å². The van der Waals surface area contributed by atoms with Gasteiger partial charge in [0.1, 0.15) is 8.16 Å². The van der Waals surface area contributed by atoms with E-state index in [1.54, 1.807) is 10.3 Å². The van der Waals surface area contributed by atoms with Crippen molar-refractivity contribution in [3.8, 4) is 11.1 Å². The fourth-order valence-corrected chi connectivity index (χ4v) is 4.03. The van der Waals surface area contributed by atoms with Crippen LogP contribution in [0.2, 0.25) is 4.34 Å². The molecule has 1 heterocycles. The second-order valence-electron chi connectivity index (χ2n) is 2.47. The molecular weight excluding hydrogens is 240 g/mol. The van der Waals surface area contributed by atoms with Crippen LogP contribution < -0.4 is 0 Å². The SMILES string of the molecule is S=c1ssc(Cl)c1-c1ccccc1. The smallest absolute Gasteiger partial charge is 0.0708 e. The molecule has 0 atom stereocenters. The van der Waals surface area contributed by atoms with E-state index in [-0.39, 0.29) is 0 Å². The second kappa shape index (κ2) is 3.88. The highest BCUT2D eigenvalue weighted by molar-refractivity contribution is 7.80. The van der Waals surface area contributed by atoms with Gasteiger partial charge in [-0.15, -0.1) is 0 Å². The van der Waals surface area contributed by atoms with Crippen molar-refractivity contribution in [2.24, 2.45) is 0 Å². The molecule has 4 heteroatoms. The van der Waals surface area contributed by atoms with Gasteiger partial charge in [0.25, 0.3) is 0 Å². The van der Waals surface area contributed by atoms with Gasteiger partial charge in [-0.05, 0) is 5.56 Å². The lowest BCUT2D eigenvalue weighted by Gasteiger charge is -1.96. The molecule has 1 aromatic heterocycles. The highest BCUT2D eigenvalue weighted by Gasteiger charge is 2.07. The zero-order chi connectivity index (χ0) is 9.26. The topological polar surface area (TPSA) is 0 Å². The number of hydrogen-bond donors (Lipinski definition) is 0. The summed E-state index contributed by atoms with van der Waals surface area (Å²) >= 11 is 11.2. The average Bonchev–Trinajstić information content (AvgIpc) is 2.48. The van der Waals surface area contributed by atoms with Crippen molar-refractivity contribution in [2.75, 3.05) is 0 Å². The van der Waals surface area contributed by atoms with Gasteiger partial charge in [0.05, 0.1) is 0 Å². The number of halogens is 1. The summed E-state index contributed by atoms with van der Waals surface area (Å²) in [7, 11) is 3.08. The first-order chi connectivity index (χ1) is 6.29. The van der Waals surface area contributed by atoms with Crippen LogP contribution >= 0.6 is 44.5 Å². The molecule has 2 rings (SSSR count). The molecule has 0 nitrogen and oxygen atoms in total. The second-order valence-corrected chi connectivity index (χ2v) is 5.89. The van der Waals surface area contributed by atoms with E-state index in [1.807, 2.05) is 30.3 Å². The minimum Gasteiger partial charge on any atom is -0.0708 e. The Kier molecular flexibility index (Phi) is 2.79. The zero-order valence-corrected chi connectivity index (χ0v) is 9.69. The number of hydrogen-bond acceptors (Lipinski definition) is 3. The number of benzene rings is 1. The Morgan fingerprint density at radius 2 is 1.77 bits per heavy atom. The standard InChI is InChI=1S/C9H5ClS3/c10-8-7(9(11)13-12-8)6-4-2-1-3-5-6/h1-5H. The monoisotopic (exact) mass is 244 g/mol. The molecule has 1 aromatic carbocycles. The summed E-state index contributed by atoms with van der Waals surface area (Å²) in [5.41, 5.74) is 2.11. The van der Waals surface area contributed by atoms with Gasteiger partial charge in [0, 0.05) is 5.56 Å². The van der Waals surface area contributed by atoms with E-state index in [0.717, 1.165) is 19.3 Å².